The van der Waals surface area contributed by atoms with Crippen LogP contribution in [0.15, 0.2) is 24.3 Å². The number of benzene rings is 1. The van der Waals surface area contributed by atoms with E-state index in [9.17, 15) is 4.79 Å². The third-order valence-corrected chi connectivity index (χ3v) is 4.02. The largest absolute Gasteiger partial charge is 0.399 e. The standard InChI is InChI=1S/C14H20N2O/c1-13(2)9-14(3,12(17)16(13)4)10-5-7-11(15)8-6-10/h5-8H,9,15H2,1-4H3. The molecule has 17 heavy (non-hydrogen) atoms. The molecule has 2 rings (SSSR count). The van der Waals surface area contributed by atoms with Crippen LogP contribution in [0.3, 0.4) is 0 Å². The summed E-state index contributed by atoms with van der Waals surface area (Å²) in [4.78, 5) is 14.3. The van der Waals surface area contributed by atoms with E-state index in [4.69, 9.17) is 5.73 Å². The van der Waals surface area contributed by atoms with Crippen molar-refractivity contribution in [2.75, 3.05) is 12.8 Å². The Bertz CT molecular complexity index is 450. The second kappa shape index (κ2) is 3.49. The molecule has 1 heterocycles. The van der Waals surface area contributed by atoms with E-state index >= 15 is 0 Å². The van der Waals surface area contributed by atoms with E-state index < -0.39 is 5.41 Å². The zero-order valence-electron chi connectivity index (χ0n) is 10.9. The van der Waals surface area contributed by atoms with Crippen LogP contribution in [-0.2, 0) is 10.2 Å². The molecule has 3 nitrogen and oxygen atoms in total. The monoisotopic (exact) mass is 232 g/mol. The molecule has 0 saturated carbocycles. The smallest absolute Gasteiger partial charge is 0.233 e. The van der Waals surface area contributed by atoms with Crippen molar-refractivity contribution in [2.24, 2.45) is 0 Å². The number of likely N-dealkylation sites (tertiary alicyclic amines) is 1. The molecule has 1 aliphatic rings. The van der Waals surface area contributed by atoms with Crippen molar-refractivity contribution < 1.29 is 4.79 Å². The predicted octanol–water partition coefficient (Wildman–Crippen LogP) is 2.17. The average Bonchev–Trinajstić information content (AvgIpc) is 2.41. The van der Waals surface area contributed by atoms with Gasteiger partial charge >= 0.3 is 0 Å². The molecular formula is C14H20N2O. The van der Waals surface area contributed by atoms with Crippen molar-refractivity contribution in [3.8, 4) is 0 Å². The molecule has 1 aliphatic heterocycles. The topological polar surface area (TPSA) is 46.3 Å². The van der Waals surface area contributed by atoms with Crippen LogP contribution in [0.25, 0.3) is 0 Å². The maximum Gasteiger partial charge on any atom is 0.233 e. The molecule has 1 amide bonds. The average molecular weight is 232 g/mol. The fourth-order valence-corrected chi connectivity index (χ4v) is 2.78. The highest BCUT2D eigenvalue weighted by Crippen LogP contribution is 2.43. The van der Waals surface area contributed by atoms with E-state index in [-0.39, 0.29) is 11.4 Å². The Balaban J connectivity index is 2.44. The fraction of sp³-hybridized carbons (Fsp3) is 0.500. The Kier molecular flexibility index (Phi) is 2.45. The molecular weight excluding hydrogens is 212 g/mol. The minimum atomic E-state index is -0.425. The second-order valence-corrected chi connectivity index (χ2v) is 5.81. The second-order valence-electron chi connectivity index (χ2n) is 5.81. The highest BCUT2D eigenvalue weighted by molar-refractivity contribution is 5.91. The van der Waals surface area contributed by atoms with Gasteiger partial charge in [0, 0.05) is 18.3 Å². The fourth-order valence-electron chi connectivity index (χ4n) is 2.78. The minimum absolute atomic E-state index is 0.0901. The molecule has 3 heteroatoms. The van der Waals surface area contributed by atoms with Gasteiger partial charge in [-0.3, -0.25) is 4.79 Å². The number of nitrogens with zero attached hydrogens (tertiary/aromatic N) is 1. The highest BCUT2D eigenvalue weighted by atomic mass is 16.2. The number of hydrogen-bond acceptors (Lipinski definition) is 2. The van der Waals surface area contributed by atoms with Gasteiger partial charge in [0.15, 0.2) is 0 Å². The lowest BCUT2D eigenvalue weighted by molar-refractivity contribution is -0.132. The Morgan fingerprint density at radius 1 is 1.18 bits per heavy atom. The van der Waals surface area contributed by atoms with Crippen LogP contribution >= 0.6 is 0 Å². The summed E-state index contributed by atoms with van der Waals surface area (Å²) in [6.45, 7) is 6.23. The van der Waals surface area contributed by atoms with Crippen molar-refractivity contribution in [3.05, 3.63) is 29.8 Å². The maximum atomic E-state index is 12.4. The number of rotatable bonds is 1. The van der Waals surface area contributed by atoms with Gasteiger partial charge in [0.2, 0.25) is 5.91 Å². The van der Waals surface area contributed by atoms with Crippen LogP contribution in [0.2, 0.25) is 0 Å². The first-order valence-electron chi connectivity index (χ1n) is 5.92. The summed E-state index contributed by atoms with van der Waals surface area (Å²) in [6, 6.07) is 7.64. The van der Waals surface area contributed by atoms with E-state index in [0.29, 0.717) is 0 Å². The van der Waals surface area contributed by atoms with Crippen LogP contribution in [0, 0.1) is 0 Å². The Labute approximate surface area is 103 Å². The molecule has 0 aliphatic carbocycles. The molecule has 1 fully saturated rings. The molecule has 1 atom stereocenters. The van der Waals surface area contributed by atoms with Gasteiger partial charge < -0.3 is 10.6 Å². The number of amides is 1. The lowest BCUT2D eigenvalue weighted by Gasteiger charge is -2.26. The SMILES string of the molecule is CN1C(=O)C(C)(c2ccc(N)cc2)CC1(C)C. The number of likely N-dealkylation sites (N-methyl/N-ethyl adjacent to an activating group) is 1. The number of hydrogen-bond donors (Lipinski definition) is 1. The van der Waals surface area contributed by atoms with Crippen LogP contribution in [0.1, 0.15) is 32.8 Å². The van der Waals surface area contributed by atoms with E-state index in [2.05, 4.69) is 13.8 Å². The first kappa shape index (κ1) is 12.0. The van der Waals surface area contributed by atoms with Gasteiger partial charge in [-0.2, -0.15) is 0 Å². The first-order valence-corrected chi connectivity index (χ1v) is 5.92. The Hall–Kier alpha value is -1.51. The van der Waals surface area contributed by atoms with Crippen molar-refractivity contribution in [1.29, 1.82) is 0 Å². The van der Waals surface area contributed by atoms with Crippen LogP contribution in [0.4, 0.5) is 5.69 Å². The van der Waals surface area contributed by atoms with Crippen molar-refractivity contribution >= 4 is 11.6 Å². The third kappa shape index (κ3) is 1.70. The van der Waals surface area contributed by atoms with Gasteiger partial charge in [0.05, 0.1) is 5.41 Å². The van der Waals surface area contributed by atoms with Crippen LogP contribution in [0.5, 0.6) is 0 Å². The molecule has 1 saturated heterocycles. The number of nitrogens with two attached hydrogens (primary N) is 1. The first-order chi connectivity index (χ1) is 7.77. The van der Waals surface area contributed by atoms with Gasteiger partial charge in [-0.1, -0.05) is 12.1 Å². The number of carbonyl (C=O) groups is 1. The predicted molar refractivity (Wildman–Crippen MR) is 69.7 cm³/mol. The molecule has 0 spiro atoms. The number of carbonyl (C=O) groups excluding carboxylic acids is 1. The summed E-state index contributed by atoms with van der Waals surface area (Å²) >= 11 is 0. The molecule has 2 N–H and O–H groups in total. The molecule has 92 valence electrons. The molecule has 0 aromatic heterocycles. The van der Waals surface area contributed by atoms with E-state index in [1.807, 2.05) is 43.1 Å². The summed E-state index contributed by atoms with van der Waals surface area (Å²) in [6.07, 6.45) is 0.833. The summed E-state index contributed by atoms with van der Waals surface area (Å²) in [5.41, 5.74) is 6.96. The number of anilines is 1. The van der Waals surface area contributed by atoms with Crippen LogP contribution in [-0.4, -0.2) is 23.4 Å². The van der Waals surface area contributed by atoms with Gasteiger partial charge in [0.1, 0.15) is 0 Å². The molecule has 1 unspecified atom stereocenters. The number of nitrogen functional groups attached to an aromatic ring is 1. The minimum Gasteiger partial charge on any atom is -0.399 e. The summed E-state index contributed by atoms with van der Waals surface area (Å²) in [5.74, 6) is 0.187. The highest BCUT2D eigenvalue weighted by Gasteiger charge is 2.51. The van der Waals surface area contributed by atoms with Gasteiger partial charge in [-0.15, -0.1) is 0 Å². The van der Waals surface area contributed by atoms with Crippen molar-refractivity contribution in [3.63, 3.8) is 0 Å². The van der Waals surface area contributed by atoms with E-state index in [0.717, 1.165) is 17.7 Å². The molecule has 1 aromatic rings. The lowest BCUT2D eigenvalue weighted by atomic mass is 9.77. The summed E-state index contributed by atoms with van der Waals surface area (Å²) in [5, 5.41) is 0. The molecule has 0 bridgehead atoms. The van der Waals surface area contributed by atoms with Crippen molar-refractivity contribution in [1.82, 2.24) is 4.90 Å². The zero-order valence-corrected chi connectivity index (χ0v) is 10.9. The lowest BCUT2D eigenvalue weighted by Crippen LogP contribution is -2.38. The van der Waals surface area contributed by atoms with Gasteiger partial charge in [0.25, 0.3) is 0 Å². The quantitative estimate of drug-likeness (QED) is 0.754. The summed E-state index contributed by atoms with van der Waals surface area (Å²) in [7, 11) is 1.88. The maximum absolute atomic E-state index is 12.4. The van der Waals surface area contributed by atoms with E-state index in [1.165, 1.54) is 0 Å². The van der Waals surface area contributed by atoms with Crippen LogP contribution < -0.4 is 5.73 Å². The zero-order chi connectivity index (χ0) is 12.8. The van der Waals surface area contributed by atoms with Gasteiger partial charge in [-0.25, -0.2) is 0 Å². The third-order valence-electron chi connectivity index (χ3n) is 4.02. The Morgan fingerprint density at radius 3 is 2.12 bits per heavy atom. The van der Waals surface area contributed by atoms with Crippen molar-refractivity contribution in [2.45, 2.75) is 38.1 Å². The normalized spacial score (nSPS) is 27.5. The molecule has 1 aromatic carbocycles. The van der Waals surface area contributed by atoms with E-state index in [1.54, 1.807) is 0 Å². The molecule has 0 radical (unpaired) electrons. The van der Waals surface area contributed by atoms with Gasteiger partial charge in [-0.05, 0) is 44.9 Å². The summed E-state index contributed by atoms with van der Waals surface area (Å²) < 4.78 is 0. The Morgan fingerprint density at radius 2 is 1.71 bits per heavy atom.